The van der Waals surface area contributed by atoms with Gasteiger partial charge in [-0.15, -0.1) is 5.10 Å². The monoisotopic (exact) mass is 140 g/mol. The van der Waals surface area contributed by atoms with Crippen LogP contribution >= 0.6 is 0 Å². The van der Waals surface area contributed by atoms with Gasteiger partial charge in [-0.05, 0) is 5.92 Å². The van der Waals surface area contributed by atoms with Crippen molar-refractivity contribution in [2.45, 2.75) is 13.8 Å². The second kappa shape index (κ2) is 5.94. The molecule has 0 bridgehead atoms. The molecule has 56 valence electrons. The van der Waals surface area contributed by atoms with Gasteiger partial charge < -0.3 is 0 Å². The minimum Gasteiger partial charge on any atom is -0.247 e. The Morgan fingerprint density at radius 1 is 1.50 bits per heavy atom. The van der Waals surface area contributed by atoms with Gasteiger partial charge in [0.25, 0.3) is 0 Å². The minimum atomic E-state index is 0.447. The molecule has 0 saturated carbocycles. The Hall–Kier alpha value is -1.19. The first-order chi connectivity index (χ1) is 4.77. The molecule has 0 aromatic rings. The highest BCUT2D eigenvalue weighted by atomic mass is 15.5. The Bertz CT molecular complexity index is 137. The van der Waals surface area contributed by atoms with E-state index in [-0.39, 0.29) is 0 Å². The molecule has 0 aliphatic heterocycles. The van der Waals surface area contributed by atoms with Crippen molar-refractivity contribution < 1.29 is 0 Å². The van der Waals surface area contributed by atoms with Gasteiger partial charge in [0, 0.05) is 12.9 Å². The number of aliphatic imine (C=N–C) groups is 1. The zero-order valence-electron chi connectivity index (χ0n) is 6.28. The van der Waals surface area contributed by atoms with E-state index in [0.29, 0.717) is 5.92 Å². The highest BCUT2D eigenvalue weighted by Crippen LogP contribution is 1.82. The maximum atomic E-state index is 3.84. The van der Waals surface area contributed by atoms with E-state index in [4.69, 9.17) is 0 Å². The maximum absolute atomic E-state index is 3.84. The van der Waals surface area contributed by atoms with Gasteiger partial charge in [0.1, 0.15) is 6.34 Å². The second-order valence-corrected chi connectivity index (χ2v) is 2.04. The van der Waals surface area contributed by atoms with Gasteiger partial charge in [-0.2, -0.15) is 10.6 Å². The topological polar surface area (TPSA) is 49.1 Å². The predicted octanol–water partition coefficient (Wildman–Crippen LogP) is 0.862. The normalized spacial score (nSPS) is 11.5. The van der Waals surface area contributed by atoms with E-state index in [9.17, 15) is 0 Å². The van der Waals surface area contributed by atoms with E-state index < -0.39 is 0 Å². The van der Waals surface area contributed by atoms with Crippen LogP contribution < -0.4 is 5.53 Å². The summed E-state index contributed by atoms with van der Waals surface area (Å²) in [6.45, 7) is 7.24. The second-order valence-electron chi connectivity index (χ2n) is 2.04. The predicted molar refractivity (Wildman–Crippen MR) is 44.5 cm³/mol. The molecular weight excluding hydrogens is 128 g/mol. The minimum absolute atomic E-state index is 0.447. The van der Waals surface area contributed by atoms with Gasteiger partial charge in [0.15, 0.2) is 0 Å². The molecule has 10 heavy (non-hydrogen) atoms. The van der Waals surface area contributed by atoms with Gasteiger partial charge in [0.05, 0.1) is 0 Å². The van der Waals surface area contributed by atoms with Crippen LogP contribution in [0.3, 0.4) is 0 Å². The Labute approximate surface area is 60.7 Å². The summed E-state index contributed by atoms with van der Waals surface area (Å²) in [6, 6.07) is 0. The van der Waals surface area contributed by atoms with Crippen molar-refractivity contribution in [3.8, 4) is 0 Å². The SMILES string of the molecule is C=NN/N=C\N=C\C(C)C. The van der Waals surface area contributed by atoms with E-state index in [0.717, 1.165) is 0 Å². The number of hydrogen-bond acceptors (Lipinski definition) is 3. The third-order valence-corrected chi connectivity index (χ3v) is 0.637. The third-order valence-electron chi connectivity index (χ3n) is 0.637. The number of hydrogen-bond donors (Lipinski definition) is 1. The summed E-state index contributed by atoms with van der Waals surface area (Å²) in [7, 11) is 0. The van der Waals surface area contributed by atoms with Crippen LogP contribution in [-0.2, 0) is 0 Å². The number of nitrogens with one attached hydrogen (secondary N) is 1. The van der Waals surface area contributed by atoms with E-state index >= 15 is 0 Å². The van der Waals surface area contributed by atoms with Crippen LogP contribution in [0.1, 0.15) is 13.8 Å². The van der Waals surface area contributed by atoms with Gasteiger partial charge in [-0.1, -0.05) is 13.8 Å². The Balaban J connectivity index is 3.41. The van der Waals surface area contributed by atoms with E-state index in [2.05, 4.69) is 27.4 Å². The fourth-order valence-corrected chi connectivity index (χ4v) is 0.311. The lowest BCUT2D eigenvalue weighted by atomic mass is 10.3. The summed E-state index contributed by atoms with van der Waals surface area (Å²) >= 11 is 0. The molecule has 0 saturated heterocycles. The average molecular weight is 140 g/mol. The largest absolute Gasteiger partial charge is 0.247 e. The molecule has 0 amide bonds. The molecule has 0 radical (unpaired) electrons. The lowest BCUT2D eigenvalue weighted by Gasteiger charge is -1.88. The first kappa shape index (κ1) is 8.81. The smallest absolute Gasteiger partial charge is 0.136 e. The summed E-state index contributed by atoms with van der Waals surface area (Å²) in [6.07, 6.45) is 3.17. The molecule has 0 aromatic heterocycles. The highest BCUT2D eigenvalue weighted by molar-refractivity contribution is 5.72. The molecule has 0 unspecified atom stereocenters. The van der Waals surface area contributed by atoms with Crippen molar-refractivity contribution in [3.63, 3.8) is 0 Å². The Kier molecular flexibility index (Phi) is 5.23. The average Bonchev–Trinajstić information content (AvgIpc) is 1.87. The van der Waals surface area contributed by atoms with E-state index in [1.165, 1.54) is 6.34 Å². The highest BCUT2D eigenvalue weighted by Gasteiger charge is 1.80. The summed E-state index contributed by atoms with van der Waals surface area (Å²) in [5.41, 5.74) is 2.29. The maximum Gasteiger partial charge on any atom is 0.136 e. The van der Waals surface area contributed by atoms with Crippen molar-refractivity contribution in [1.82, 2.24) is 5.53 Å². The van der Waals surface area contributed by atoms with Gasteiger partial charge in [-0.3, -0.25) is 0 Å². The molecule has 1 N–H and O–H groups in total. The Morgan fingerprint density at radius 3 is 2.70 bits per heavy atom. The van der Waals surface area contributed by atoms with Crippen LogP contribution in [0.2, 0.25) is 0 Å². The Morgan fingerprint density at radius 2 is 2.20 bits per heavy atom. The molecule has 0 atom stereocenters. The fraction of sp³-hybridized carbons (Fsp3) is 0.500. The van der Waals surface area contributed by atoms with Crippen LogP contribution in [0.25, 0.3) is 0 Å². The zero-order chi connectivity index (χ0) is 7.82. The number of nitrogens with zero attached hydrogens (tertiary/aromatic N) is 3. The molecule has 0 fully saturated rings. The molecule has 4 nitrogen and oxygen atoms in total. The quantitative estimate of drug-likeness (QED) is 0.351. The van der Waals surface area contributed by atoms with Crippen LogP contribution in [0.4, 0.5) is 0 Å². The lowest BCUT2D eigenvalue weighted by Crippen LogP contribution is -1.92. The van der Waals surface area contributed by atoms with Crippen LogP contribution in [0.5, 0.6) is 0 Å². The molecule has 0 rings (SSSR count). The number of hydrazone groups is 2. The molecule has 0 heterocycles. The summed E-state index contributed by atoms with van der Waals surface area (Å²) < 4.78 is 0. The van der Waals surface area contributed by atoms with Gasteiger partial charge in [0.2, 0.25) is 0 Å². The van der Waals surface area contributed by atoms with Crippen molar-refractivity contribution in [2.75, 3.05) is 0 Å². The number of rotatable bonds is 4. The van der Waals surface area contributed by atoms with Crippen LogP contribution in [-0.4, -0.2) is 19.3 Å². The molecule has 0 spiro atoms. The standard InChI is InChI=1S/C6H12N4/c1-6(2)4-8-5-9-10-7-3/h4-6,10H,3H2,1-2H3/b8-4+,9-5-. The summed E-state index contributed by atoms with van der Waals surface area (Å²) in [5.74, 6) is 0.447. The van der Waals surface area contributed by atoms with Crippen molar-refractivity contribution in [2.24, 2.45) is 21.1 Å². The molecular formula is C6H12N4. The first-order valence-electron chi connectivity index (χ1n) is 3.03. The van der Waals surface area contributed by atoms with Crippen molar-refractivity contribution in [1.29, 1.82) is 0 Å². The summed E-state index contributed by atoms with van der Waals surface area (Å²) in [5, 5.41) is 6.84. The molecule has 0 aromatic carbocycles. The van der Waals surface area contributed by atoms with Gasteiger partial charge in [-0.25, -0.2) is 4.99 Å². The fourth-order valence-electron chi connectivity index (χ4n) is 0.311. The van der Waals surface area contributed by atoms with Gasteiger partial charge >= 0.3 is 0 Å². The van der Waals surface area contributed by atoms with E-state index in [1.54, 1.807) is 6.21 Å². The third kappa shape index (κ3) is 6.81. The summed E-state index contributed by atoms with van der Waals surface area (Å²) in [4.78, 5) is 3.84. The van der Waals surface area contributed by atoms with Crippen LogP contribution in [0, 0.1) is 5.92 Å². The zero-order valence-corrected chi connectivity index (χ0v) is 6.28. The van der Waals surface area contributed by atoms with E-state index in [1.807, 2.05) is 13.8 Å². The van der Waals surface area contributed by atoms with Crippen molar-refractivity contribution in [3.05, 3.63) is 0 Å². The molecule has 4 heteroatoms. The molecule has 0 aliphatic rings. The van der Waals surface area contributed by atoms with Crippen LogP contribution in [0.15, 0.2) is 15.2 Å². The van der Waals surface area contributed by atoms with Crippen molar-refractivity contribution >= 4 is 19.3 Å². The lowest BCUT2D eigenvalue weighted by molar-refractivity contribution is 0.819. The first-order valence-corrected chi connectivity index (χ1v) is 3.03. The molecule has 0 aliphatic carbocycles.